The molecule has 0 spiro atoms. The average molecular weight is 566 g/mol. The van der Waals surface area contributed by atoms with Crippen LogP contribution in [0.3, 0.4) is 0 Å². The van der Waals surface area contributed by atoms with Gasteiger partial charge in [-0.3, -0.25) is 9.59 Å². The van der Waals surface area contributed by atoms with E-state index in [1.807, 2.05) is 0 Å². The van der Waals surface area contributed by atoms with Gasteiger partial charge in [0.25, 0.3) is 11.7 Å². The lowest BCUT2D eigenvalue weighted by Crippen LogP contribution is -2.20. The number of alkyl halides is 3. The van der Waals surface area contributed by atoms with E-state index in [-0.39, 0.29) is 22.5 Å². The van der Waals surface area contributed by atoms with Crippen LogP contribution in [0.15, 0.2) is 57.7 Å². The standard InChI is InChI=1S/C27H20Cl2F3NO5/c1-13-8-16(28)4-7-20(13)33-22(34)12-36-17-5-6-19-21(11-17)38-26(27(30,31)32)25(24(19)35)37-18-9-14(2)23(29)15(3)10-18/h4-11H,12H2,1-3H3,(H,33,34). The predicted molar refractivity (Wildman–Crippen MR) is 139 cm³/mol. The number of hydrogen-bond donors (Lipinski definition) is 1. The number of aryl methyl sites for hydroxylation is 3. The van der Waals surface area contributed by atoms with Crippen LogP contribution in [0.2, 0.25) is 10.0 Å². The Hall–Kier alpha value is -3.69. The second-order valence-corrected chi connectivity index (χ2v) is 9.33. The largest absolute Gasteiger partial charge is 0.484 e. The number of halogens is 5. The van der Waals surface area contributed by atoms with Crippen LogP contribution in [0, 0.1) is 20.8 Å². The summed E-state index contributed by atoms with van der Waals surface area (Å²) in [5.41, 5.74) is 0.992. The molecular weight excluding hydrogens is 546 g/mol. The van der Waals surface area contributed by atoms with Crippen molar-refractivity contribution in [3.05, 3.63) is 91.3 Å². The first-order valence-electron chi connectivity index (χ1n) is 11.1. The Labute approximate surface area is 224 Å². The van der Waals surface area contributed by atoms with Gasteiger partial charge in [-0.1, -0.05) is 23.2 Å². The third-order valence-corrected chi connectivity index (χ3v) is 6.37. The number of carbonyl (C=O) groups excluding carboxylic acids is 1. The molecule has 0 saturated heterocycles. The Balaban J connectivity index is 1.62. The third kappa shape index (κ3) is 5.89. The zero-order valence-corrected chi connectivity index (χ0v) is 21.8. The van der Waals surface area contributed by atoms with E-state index in [2.05, 4.69) is 5.32 Å². The molecule has 4 aromatic rings. The van der Waals surface area contributed by atoms with Crippen molar-refractivity contribution in [1.29, 1.82) is 0 Å². The van der Waals surface area contributed by atoms with Crippen LogP contribution in [0.25, 0.3) is 11.0 Å². The molecular formula is C27H20Cl2F3NO5. The number of amides is 1. The molecule has 1 aromatic heterocycles. The van der Waals surface area contributed by atoms with Gasteiger partial charge in [0.2, 0.25) is 11.2 Å². The molecule has 1 N–H and O–H groups in total. The molecule has 0 fully saturated rings. The molecule has 0 radical (unpaired) electrons. The molecule has 38 heavy (non-hydrogen) atoms. The van der Waals surface area contributed by atoms with Crippen LogP contribution in [0.4, 0.5) is 18.9 Å². The van der Waals surface area contributed by atoms with Crippen molar-refractivity contribution in [2.45, 2.75) is 26.9 Å². The maximum Gasteiger partial charge on any atom is 0.453 e. The molecule has 6 nitrogen and oxygen atoms in total. The number of benzene rings is 3. The first kappa shape index (κ1) is 27.3. The lowest BCUT2D eigenvalue weighted by molar-refractivity contribution is -0.154. The quantitative estimate of drug-likeness (QED) is 0.257. The SMILES string of the molecule is Cc1cc(Cl)ccc1NC(=O)COc1ccc2c(=O)c(Oc3cc(C)c(Cl)c(C)c3)c(C(F)(F)F)oc2c1. The summed E-state index contributed by atoms with van der Waals surface area (Å²) in [4.78, 5) is 25.3. The average Bonchev–Trinajstić information content (AvgIpc) is 2.83. The minimum Gasteiger partial charge on any atom is -0.484 e. The van der Waals surface area contributed by atoms with Crippen molar-refractivity contribution in [2.24, 2.45) is 0 Å². The highest BCUT2D eigenvalue weighted by molar-refractivity contribution is 6.32. The normalized spacial score (nSPS) is 11.5. The van der Waals surface area contributed by atoms with E-state index in [1.165, 1.54) is 24.3 Å². The van der Waals surface area contributed by atoms with Gasteiger partial charge in [0.05, 0.1) is 5.39 Å². The first-order valence-corrected chi connectivity index (χ1v) is 11.9. The van der Waals surface area contributed by atoms with Gasteiger partial charge in [0.1, 0.15) is 17.1 Å². The fourth-order valence-corrected chi connectivity index (χ4v) is 4.05. The Morgan fingerprint density at radius 1 is 0.947 bits per heavy atom. The maximum absolute atomic E-state index is 13.9. The molecule has 4 rings (SSSR count). The molecule has 0 aliphatic carbocycles. The van der Waals surface area contributed by atoms with Crippen molar-refractivity contribution >= 4 is 45.8 Å². The van der Waals surface area contributed by atoms with Crippen molar-refractivity contribution in [3.8, 4) is 17.2 Å². The molecule has 1 amide bonds. The van der Waals surface area contributed by atoms with Crippen LogP contribution >= 0.6 is 23.2 Å². The van der Waals surface area contributed by atoms with Crippen LogP contribution in [-0.4, -0.2) is 12.5 Å². The Bertz CT molecular complexity index is 1590. The first-order chi connectivity index (χ1) is 17.8. The number of anilines is 1. The highest BCUT2D eigenvalue weighted by Gasteiger charge is 2.40. The maximum atomic E-state index is 13.9. The van der Waals surface area contributed by atoms with Crippen molar-refractivity contribution in [3.63, 3.8) is 0 Å². The second kappa shape index (κ2) is 10.6. The number of hydrogen-bond acceptors (Lipinski definition) is 5. The van der Waals surface area contributed by atoms with E-state index >= 15 is 0 Å². The summed E-state index contributed by atoms with van der Waals surface area (Å²) in [5.74, 6) is -3.09. The number of rotatable bonds is 6. The molecule has 0 saturated carbocycles. The smallest absolute Gasteiger partial charge is 0.453 e. The van der Waals surface area contributed by atoms with Crippen LogP contribution in [0.1, 0.15) is 22.5 Å². The third-order valence-electron chi connectivity index (χ3n) is 5.54. The minimum absolute atomic E-state index is 0.00319. The van der Waals surface area contributed by atoms with E-state index in [0.29, 0.717) is 26.9 Å². The van der Waals surface area contributed by atoms with Crippen molar-refractivity contribution < 1.29 is 31.9 Å². The summed E-state index contributed by atoms with van der Waals surface area (Å²) < 4.78 is 57.5. The summed E-state index contributed by atoms with van der Waals surface area (Å²) in [7, 11) is 0. The Kier molecular flexibility index (Phi) is 7.62. The van der Waals surface area contributed by atoms with Gasteiger partial charge in [-0.15, -0.1) is 0 Å². The minimum atomic E-state index is -5.04. The van der Waals surface area contributed by atoms with Gasteiger partial charge in [0.15, 0.2) is 6.61 Å². The second-order valence-electron chi connectivity index (χ2n) is 8.51. The molecule has 0 atom stereocenters. The van der Waals surface area contributed by atoms with Crippen molar-refractivity contribution in [1.82, 2.24) is 0 Å². The highest BCUT2D eigenvalue weighted by Crippen LogP contribution is 2.39. The van der Waals surface area contributed by atoms with Gasteiger partial charge < -0.3 is 19.2 Å². The van der Waals surface area contributed by atoms with Gasteiger partial charge in [-0.2, -0.15) is 13.2 Å². The lowest BCUT2D eigenvalue weighted by atomic mass is 10.1. The topological polar surface area (TPSA) is 77.8 Å². The molecule has 1 heterocycles. The number of carbonyl (C=O) groups is 1. The van der Waals surface area contributed by atoms with E-state index < -0.39 is 35.6 Å². The summed E-state index contributed by atoms with van der Waals surface area (Å²) in [6.07, 6.45) is -5.04. The van der Waals surface area contributed by atoms with Gasteiger partial charge in [-0.25, -0.2) is 0 Å². The summed E-state index contributed by atoms with van der Waals surface area (Å²) in [6.45, 7) is 4.64. The fourth-order valence-electron chi connectivity index (χ4n) is 3.71. The van der Waals surface area contributed by atoms with Gasteiger partial charge >= 0.3 is 6.18 Å². The molecule has 0 aliphatic rings. The molecule has 3 aromatic carbocycles. The summed E-state index contributed by atoms with van der Waals surface area (Å²) >= 11 is 12.0. The van der Waals surface area contributed by atoms with Crippen LogP contribution in [-0.2, 0) is 11.0 Å². The molecule has 11 heteroatoms. The van der Waals surface area contributed by atoms with E-state index in [9.17, 15) is 22.8 Å². The molecule has 0 bridgehead atoms. The van der Waals surface area contributed by atoms with E-state index in [1.54, 1.807) is 39.0 Å². The fraction of sp³-hybridized carbons (Fsp3) is 0.185. The molecule has 0 aliphatic heterocycles. The predicted octanol–water partition coefficient (Wildman–Crippen LogP) is 7.85. The zero-order chi connectivity index (χ0) is 27.8. The lowest BCUT2D eigenvalue weighted by Gasteiger charge is -2.15. The zero-order valence-electron chi connectivity index (χ0n) is 20.3. The van der Waals surface area contributed by atoms with Gasteiger partial charge in [-0.05, 0) is 79.9 Å². The number of ether oxygens (including phenoxy) is 2. The van der Waals surface area contributed by atoms with Crippen LogP contribution < -0.4 is 20.2 Å². The number of fused-ring (bicyclic) bond motifs is 1. The van der Waals surface area contributed by atoms with Crippen molar-refractivity contribution in [2.75, 3.05) is 11.9 Å². The molecule has 198 valence electrons. The molecule has 0 unspecified atom stereocenters. The number of nitrogens with one attached hydrogen (secondary N) is 1. The van der Waals surface area contributed by atoms with Gasteiger partial charge in [0, 0.05) is 21.8 Å². The Morgan fingerprint density at radius 3 is 2.26 bits per heavy atom. The van der Waals surface area contributed by atoms with E-state index in [0.717, 1.165) is 11.6 Å². The summed E-state index contributed by atoms with van der Waals surface area (Å²) in [6, 6.07) is 11.4. The Morgan fingerprint density at radius 2 is 1.63 bits per heavy atom. The van der Waals surface area contributed by atoms with Crippen LogP contribution in [0.5, 0.6) is 17.2 Å². The van der Waals surface area contributed by atoms with E-state index in [4.69, 9.17) is 37.1 Å². The highest BCUT2D eigenvalue weighted by atomic mass is 35.5. The monoisotopic (exact) mass is 565 g/mol. The summed E-state index contributed by atoms with van der Waals surface area (Å²) in [5, 5.41) is 3.44.